The van der Waals surface area contributed by atoms with Crippen molar-refractivity contribution < 1.29 is 23.2 Å². The van der Waals surface area contributed by atoms with Crippen LogP contribution < -0.4 is 0 Å². The van der Waals surface area contributed by atoms with Crippen molar-refractivity contribution in [2.45, 2.75) is 4.75 Å². The fraction of sp³-hybridized carbons (Fsp3) is 0.0526. The van der Waals surface area contributed by atoms with Gasteiger partial charge in [-0.25, -0.2) is 0 Å². The van der Waals surface area contributed by atoms with E-state index >= 15 is 0 Å². The maximum absolute atomic E-state index is 12.9. The molecule has 5 nitrogen and oxygen atoms in total. The Morgan fingerprint density at radius 1 is 0.793 bits per heavy atom. The quantitative estimate of drug-likeness (QED) is 0.311. The van der Waals surface area contributed by atoms with Gasteiger partial charge in [-0.1, -0.05) is 64.6 Å². The molecule has 0 saturated heterocycles. The highest BCUT2D eigenvalue weighted by Gasteiger charge is 2.50. The van der Waals surface area contributed by atoms with Crippen LogP contribution in [0.25, 0.3) is 0 Å². The SMILES string of the molecule is O=S(=O)(O)C(c1cccc(O)c1)(c1cc(O)c(Cl)c(Cl)c1)c1ccc(Cl)cc1Cl. The zero-order valence-corrected chi connectivity index (χ0v) is 18.1. The Balaban J connectivity index is 2.58. The molecule has 1 unspecified atom stereocenters. The summed E-state index contributed by atoms with van der Waals surface area (Å²) < 4.78 is 34.0. The number of phenolic OH excluding ortho intramolecular Hbond substituents is 2. The number of rotatable bonds is 4. The molecule has 0 bridgehead atoms. The van der Waals surface area contributed by atoms with Crippen molar-refractivity contribution in [2.24, 2.45) is 0 Å². The van der Waals surface area contributed by atoms with Crippen LogP contribution in [0.2, 0.25) is 20.1 Å². The van der Waals surface area contributed by atoms with E-state index in [4.69, 9.17) is 46.4 Å². The molecule has 0 aliphatic heterocycles. The molecule has 3 N–H and O–H groups in total. The molecule has 10 heteroatoms. The molecule has 0 radical (unpaired) electrons. The van der Waals surface area contributed by atoms with Gasteiger partial charge in [0.15, 0.2) is 4.75 Å². The lowest BCUT2D eigenvalue weighted by molar-refractivity contribution is 0.455. The number of hydrogen-bond acceptors (Lipinski definition) is 4. The van der Waals surface area contributed by atoms with E-state index in [1.807, 2.05) is 0 Å². The molecule has 0 fully saturated rings. The van der Waals surface area contributed by atoms with Crippen molar-refractivity contribution in [1.29, 1.82) is 0 Å². The van der Waals surface area contributed by atoms with Crippen LogP contribution in [0.3, 0.4) is 0 Å². The largest absolute Gasteiger partial charge is 0.508 e. The summed E-state index contributed by atoms with van der Waals surface area (Å²) in [7, 11) is -5.04. The average molecular weight is 494 g/mol. The highest BCUT2D eigenvalue weighted by Crippen LogP contribution is 2.49. The van der Waals surface area contributed by atoms with Gasteiger partial charge < -0.3 is 10.2 Å². The summed E-state index contributed by atoms with van der Waals surface area (Å²) in [4.78, 5) is 0. The molecule has 29 heavy (non-hydrogen) atoms. The second-order valence-corrected chi connectivity index (χ2v) is 9.31. The first-order valence-corrected chi connectivity index (χ1v) is 10.8. The number of benzene rings is 3. The molecular formula is C19H12Cl4O5S. The van der Waals surface area contributed by atoms with Crippen molar-refractivity contribution in [3.05, 3.63) is 91.4 Å². The van der Waals surface area contributed by atoms with Crippen molar-refractivity contribution in [3.63, 3.8) is 0 Å². The maximum Gasteiger partial charge on any atom is 0.283 e. The molecule has 0 heterocycles. The Bertz CT molecular complexity index is 1190. The van der Waals surface area contributed by atoms with E-state index < -0.39 is 20.6 Å². The first-order chi connectivity index (χ1) is 13.5. The molecule has 3 rings (SSSR count). The predicted octanol–water partition coefficient (Wildman–Crippen LogP) is 5.89. The highest BCUT2D eigenvalue weighted by atomic mass is 35.5. The molecule has 0 aromatic heterocycles. The number of aromatic hydroxyl groups is 2. The van der Waals surface area contributed by atoms with Gasteiger partial charge in [0.1, 0.15) is 16.5 Å². The second-order valence-electron chi connectivity index (χ2n) is 6.12. The number of hydrogen-bond donors (Lipinski definition) is 3. The topological polar surface area (TPSA) is 94.8 Å². The van der Waals surface area contributed by atoms with Gasteiger partial charge in [-0.15, -0.1) is 0 Å². The fourth-order valence-corrected chi connectivity index (χ4v) is 5.42. The van der Waals surface area contributed by atoms with E-state index in [1.165, 1.54) is 42.5 Å². The monoisotopic (exact) mass is 492 g/mol. The van der Waals surface area contributed by atoms with Crippen molar-refractivity contribution in [1.82, 2.24) is 0 Å². The lowest BCUT2D eigenvalue weighted by atomic mass is 9.83. The standard InChI is InChI=1S/C19H12Cl4O5S/c20-12-4-5-14(15(21)9-12)19(29(26,27)28,10-2-1-3-13(24)6-10)11-7-16(22)18(23)17(25)8-11/h1-9,24-25H,(H,26,27,28). The Kier molecular flexibility index (Phi) is 5.98. The van der Waals surface area contributed by atoms with E-state index in [0.717, 1.165) is 12.1 Å². The van der Waals surface area contributed by atoms with Crippen LogP contribution in [-0.4, -0.2) is 23.2 Å². The first-order valence-electron chi connectivity index (χ1n) is 7.89. The maximum atomic E-state index is 12.9. The molecule has 0 aliphatic rings. The Morgan fingerprint density at radius 2 is 1.48 bits per heavy atom. The van der Waals surface area contributed by atoms with E-state index in [-0.39, 0.29) is 42.5 Å². The van der Waals surface area contributed by atoms with Crippen molar-refractivity contribution in [2.75, 3.05) is 0 Å². The van der Waals surface area contributed by atoms with Crippen LogP contribution in [0.5, 0.6) is 11.5 Å². The lowest BCUT2D eigenvalue weighted by Gasteiger charge is -2.33. The van der Waals surface area contributed by atoms with Crippen LogP contribution in [-0.2, 0) is 14.9 Å². The molecule has 0 amide bonds. The summed E-state index contributed by atoms with van der Waals surface area (Å²) in [6.07, 6.45) is 0. The van der Waals surface area contributed by atoms with Gasteiger partial charge in [0.2, 0.25) is 0 Å². The van der Waals surface area contributed by atoms with Crippen LogP contribution in [0.15, 0.2) is 54.6 Å². The zero-order chi connectivity index (χ0) is 21.6. The summed E-state index contributed by atoms with van der Waals surface area (Å²) in [6.45, 7) is 0. The average Bonchev–Trinajstić information content (AvgIpc) is 2.60. The van der Waals surface area contributed by atoms with Crippen LogP contribution in [0.1, 0.15) is 16.7 Å². The third-order valence-corrected chi connectivity index (χ3v) is 7.17. The number of phenols is 2. The number of halogens is 4. The molecule has 3 aromatic rings. The van der Waals surface area contributed by atoms with Crippen molar-refractivity contribution >= 4 is 56.5 Å². The van der Waals surface area contributed by atoms with Crippen LogP contribution in [0, 0.1) is 0 Å². The van der Waals surface area contributed by atoms with Crippen LogP contribution >= 0.6 is 46.4 Å². The third kappa shape index (κ3) is 3.77. The first kappa shape index (κ1) is 22.0. The van der Waals surface area contributed by atoms with Gasteiger partial charge in [0.25, 0.3) is 10.1 Å². The molecule has 0 spiro atoms. The van der Waals surface area contributed by atoms with Gasteiger partial charge in [0.05, 0.1) is 5.02 Å². The fourth-order valence-electron chi connectivity index (χ4n) is 3.19. The van der Waals surface area contributed by atoms with Gasteiger partial charge in [-0.05, 0) is 47.5 Å². The minimum atomic E-state index is -5.04. The lowest BCUT2D eigenvalue weighted by Crippen LogP contribution is -2.38. The predicted molar refractivity (Wildman–Crippen MR) is 114 cm³/mol. The zero-order valence-electron chi connectivity index (χ0n) is 14.3. The normalized spacial score (nSPS) is 13.8. The minimum absolute atomic E-state index is 0.0537. The summed E-state index contributed by atoms with van der Waals surface area (Å²) in [5, 5.41) is 20.0. The van der Waals surface area contributed by atoms with E-state index in [1.54, 1.807) is 0 Å². The molecule has 1 atom stereocenters. The van der Waals surface area contributed by atoms with Gasteiger partial charge in [0, 0.05) is 15.6 Å². The summed E-state index contributed by atoms with van der Waals surface area (Å²) >= 11 is 24.3. The minimum Gasteiger partial charge on any atom is -0.508 e. The van der Waals surface area contributed by atoms with Gasteiger partial charge >= 0.3 is 0 Å². The van der Waals surface area contributed by atoms with Gasteiger partial charge in [-0.2, -0.15) is 8.42 Å². The summed E-state index contributed by atoms with van der Waals surface area (Å²) in [5.41, 5.74) is -0.279. The molecular weight excluding hydrogens is 482 g/mol. The molecule has 0 aliphatic carbocycles. The van der Waals surface area contributed by atoms with Crippen LogP contribution in [0.4, 0.5) is 0 Å². The summed E-state index contributed by atoms with van der Waals surface area (Å²) in [6, 6.07) is 11.5. The summed E-state index contributed by atoms with van der Waals surface area (Å²) in [5.74, 6) is -0.766. The Hall–Kier alpha value is -1.67. The smallest absolute Gasteiger partial charge is 0.283 e. The Morgan fingerprint density at radius 3 is 2.03 bits per heavy atom. The molecule has 3 aromatic carbocycles. The van der Waals surface area contributed by atoms with E-state index in [9.17, 15) is 23.2 Å². The van der Waals surface area contributed by atoms with E-state index in [0.29, 0.717) is 0 Å². The highest BCUT2D eigenvalue weighted by molar-refractivity contribution is 7.87. The van der Waals surface area contributed by atoms with Crippen molar-refractivity contribution in [3.8, 4) is 11.5 Å². The van der Waals surface area contributed by atoms with E-state index in [2.05, 4.69) is 0 Å². The third-order valence-electron chi connectivity index (χ3n) is 4.37. The second kappa shape index (κ2) is 7.87. The van der Waals surface area contributed by atoms with Gasteiger partial charge in [-0.3, -0.25) is 4.55 Å². The molecule has 152 valence electrons. The Labute approximate surface area is 186 Å². The molecule has 0 saturated carbocycles.